The number of aromatic nitrogens is 5. The van der Waals surface area contributed by atoms with E-state index in [1.54, 1.807) is 24.7 Å². The summed E-state index contributed by atoms with van der Waals surface area (Å²) in [6.45, 7) is 5.34. The van der Waals surface area contributed by atoms with Gasteiger partial charge in [-0.25, -0.2) is 9.67 Å². The quantitative estimate of drug-likeness (QED) is 0.755. The summed E-state index contributed by atoms with van der Waals surface area (Å²) >= 11 is 0. The van der Waals surface area contributed by atoms with E-state index in [0.717, 1.165) is 17.8 Å². The lowest BCUT2D eigenvalue weighted by Crippen LogP contribution is -2.45. The number of nitrogens with one attached hydrogen (secondary N) is 1. The fourth-order valence-corrected chi connectivity index (χ4v) is 3.59. The largest absolute Gasteiger partial charge is 0.356 e. The van der Waals surface area contributed by atoms with Crippen LogP contribution in [-0.4, -0.2) is 42.1 Å². The van der Waals surface area contributed by atoms with Crippen LogP contribution >= 0.6 is 0 Å². The van der Waals surface area contributed by atoms with Gasteiger partial charge in [0.15, 0.2) is 11.6 Å². The van der Waals surface area contributed by atoms with Gasteiger partial charge in [0, 0.05) is 30.7 Å². The number of hydrogen-bond acceptors (Lipinski definition) is 5. The van der Waals surface area contributed by atoms with Crippen LogP contribution < -0.4 is 0 Å². The van der Waals surface area contributed by atoms with Gasteiger partial charge < -0.3 is 9.88 Å². The molecule has 4 heterocycles. The van der Waals surface area contributed by atoms with Crippen molar-refractivity contribution in [2.24, 2.45) is 5.92 Å². The standard InChI is InChI=1S/C20H21N7O/c1-3-13(2)17-19-24-18(15-5-4-6-22-12-15)25-27(19)8-7-26(17)20(28)16-9-14(10-21)11-23-16/h4-6,9,11-13,17,23H,3,7-8H2,1-2H3/t13-,17-/m0/s1. The van der Waals surface area contributed by atoms with Gasteiger partial charge in [-0.1, -0.05) is 20.3 Å². The van der Waals surface area contributed by atoms with Crippen molar-refractivity contribution in [3.8, 4) is 17.5 Å². The Kier molecular flexibility index (Phi) is 4.65. The molecule has 8 nitrogen and oxygen atoms in total. The van der Waals surface area contributed by atoms with E-state index in [-0.39, 0.29) is 17.9 Å². The molecule has 0 aromatic carbocycles. The van der Waals surface area contributed by atoms with E-state index in [1.807, 2.05) is 21.7 Å². The van der Waals surface area contributed by atoms with Gasteiger partial charge in [0.2, 0.25) is 0 Å². The fraction of sp³-hybridized carbons (Fsp3) is 0.350. The molecule has 1 aliphatic rings. The Hall–Kier alpha value is -3.47. The molecule has 0 unspecified atom stereocenters. The summed E-state index contributed by atoms with van der Waals surface area (Å²) in [5.41, 5.74) is 1.72. The maximum Gasteiger partial charge on any atom is 0.271 e. The van der Waals surface area contributed by atoms with Gasteiger partial charge in [0.05, 0.1) is 18.2 Å². The summed E-state index contributed by atoms with van der Waals surface area (Å²) in [4.78, 5) is 26.9. The minimum atomic E-state index is -0.182. The highest BCUT2D eigenvalue weighted by molar-refractivity contribution is 5.93. The van der Waals surface area contributed by atoms with Gasteiger partial charge in [-0.2, -0.15) is 10.4 Å². The number of H-pyrrole nitrogens is 1. The van der Waals surface area contributed by atoms with Crippen LogP contribution in [0.4, 0.5) is 0 Å². The third-order valence-electron chi connectivity index (χ3n) is 5.26. The number of pyridine rings is 1. The van der Waals surface area contributed by atoms with Crippen molar-refractivity contribution in [1.82, 2.24) is 29.6 Å². The van der Waals surface area contributed by atoms with E-state index in [2.05, 4.69) is 35.0 Å². The average molecular weight is 375 g/mol. The Bertz CT molecular complexity index is 1030. The Morgan fingerprint density at radius 1 is 1.46 bits per heavy atom. The first-order valence-electron chi connectivity index (χ1n) is 9.37. The zero-order chi connectivity index (χ0) is 19.7. The number of nitriles is 1. The van der Waals surface area contributed by atoms with Crippen LogP contribution in [-0.2, 0) is 6.54 Å². The number of hydrogen-bond donors (Lipinski definition) is 1. The second kappa shape index (κ2) is 7.27. The molecule has 4 rings (SSSR count). The molecule has 2 atom stereocenters. The SMILES string of the molecule is CC[C@H](C)[C@H]1c2nc(-c3cccnc3)nn2CCN1C(=O)c1cc(C#N)c[nH]1. The van der Waals surface area contributed by atoms with E-state index in [4.69, 9.17) is 10.2 Å². The van der Waals surface area contributed by atoms with Crippen molar-refractivity contribution in [1.29, 1.82) is 5.26 Å². The first-order chi connectivity index (χ1) is 13.6. The molecule has 0 saturated heterocycles. The highest BCUT2D eigenvalue weighted by Gasteiger charge is 2.37. The minimum absolute atomic E-state index is 0.121. The molecule has 8 heteroatoms. The lowest BCUT2D eigenvalue weighted by Gasteiger charge is -2.38. The number of rotatable bonds is 4. The van der Waals surface area contributed by atoms with Crippen LogP contribution in [0.3, 0.4) is 0 Å². The lowest BCUT2D eigenvalue weighted by atomic mass is 9.95. The molecule has 0 radical (unpaired) electrons. The second-order valence-corrected chi connectivity index (χ2v) is 7.00. The summed E-state index contributed by atoms with van der Waals surface area (Å²) < 4.78 is 1.90. The molecule has 3 aromatic rings. The van der Waals surface area contributed by atoms with Crippen molar-refractivity contribution in [2.45, 2.75) is 32.9 Å². The van der Waals surface area contributed by atoms with Crippen LogP contribution in [0.15, 0.2) is 36.8 Å². The van der Waals surface area contributed by atoms with Crippen LogP contribution in [0.2, 0.25) is 0 Å². The minimum Gasteiger partial charge on any atom is -0.356 e. The van der Waals surface area contributed by atoms with Crippen LogP contribution in [0, 0.1) is 17.2 Å². The Labute approximate surface area is 162 Å². The van der Waals surface area contributed by atoms with Gasteiger partial charge >= 0.3 is 0 Å². The van der Waals surface area contributed by atoms with Gasteiger partial charge in [-0.3, -0.25) is 9.78 Å². The van der Waals surface area contributed by atoms with Crippen molar-refractivity contribution in [3.05, 3.63) is 53.9 Å². The first kappa shape index (κ1) is 17.9. The topological polar surface area (TPSA) is 103 Å². The highest BCUT2D eigenvalue weighted by Crippen LogP contribution is 2.34. The third kappa shape index (κ3) is 3.05. The molecule has 1 N–H and O–H groups in total. The fourth-order valence-electron chi connectivity index (χ4n) is 3.59. The molecule has 0 fully saturated rings. The molecular formula is C20H21N7O. The summed E-state index contributed by atoms with van der Waals surface area (Å²) in [7, 11) is 0. The molecular weight excluding hydrogens is 354 g/mol. The summed E-state index contributed by atoms with van der Waals surface area (Å²) in [6, 6.07) is 7.25. The van der Waals surface area contributed by atoms with Gasteiger partial charge in [0.25, 0.3) is 5.91 Å². The van der Waals surface area contributed by atoms with Gasteiger partial charge in [-0.05, 0) is 24.1 Å². The molecule has 1 amide bonds. The summed E-state index contributed by atoms with van der Waals surface area (Å²) in [5.74, 6) is 1.50. The Morgan fingerprint density at radius 3 is 3.00 bits per heavy atom. The normalized spacial score (nSPS) is 17.0. The Balaban J connectivity index is 1.72. The number of fused-ring (bicyclic) bond motifs is 1. The molecule has 0 bridgehead atoms. The van der Waals surface area contributed by atoms with Gasteiger partial charge in [0.1, 0.15) is 11.8 Å². The number of carbonyl (C=O) groups excluding carboxylic acids is 1. The lowest BCUT2D eigenvalue weighted by molar-refractivity contribution is 0.0513. The highest BCUT2D eigenvalue weighted by atomic mass is 16.2. The van der Waals surface area contributed by atoms with Crippen molar-refractivity contribution >= 4 is 5.91 Å². The number of aromatic amines is 1. The predicted molar refractivity (Wildman–Crippen MR) is 102 cm³/mol. The summed E-state index contributed by atoms with van der Waals surface area (Å²) in [5, 5.41) is 13.7. The van der Waals surface area contributed by atoms with Crippen LogP contribution in [0.5, 0.6) is 0 Å². The molecule has 142 valence electrons. The maximum atomic E-state index is 13.2. The molecule has 0 spiro atoms. The molecule has 3 aromatic heterocycles. The smallest absolute Gasteiger partial charge is 0.271 e. The molecule has 28 heavy (non-hydrogen) atoms. The molecule has 0 aliphatic carbocycles. The summed E-state index contributed by atoms with van der Waals surface area (Å²) in [6.07, 6.45) is 5.91. The maximum absolute atomic E-state index is 13.2. The van der Waals surface area contributed by atoms with Crippen molar-refractivity contribution < 1.29 is 4.79 Å². The number of carbonyl (C=O) groups is 1. The van der Waals surface area contributed by atoms with Gasteiger partial charge in [-0.15, -0.1) is 0 Å². The zero-order valence-corrected chi connectivity index (χ0v) is 15.8. The first-order valence-corrected chi connectivity index (χ1v) is 9.37. The van der Waals surface area contributed by atoms with Crippen LogP contribution in [0.1, 0.15) is 48.2 Å². The van der Waals surface area contributed by atoms with E-state index >= 15 is 0 Å². The molecule has 0 saturated carbocycles. The zero-order valence-electron chi connectivity index (χ0n) is 15.8. The van der Waals surface area contributed by atoms with Crippen molar-refractivity contribution in [2.75, 3.05) is 6.54 Å². The van der Waals surface area contributed by atoms with E-state index in [0.29, 0.717) is 30.2 Å². The predicted octanol–water partition coefficient (Wildman–Crippen LogP) is 2.78. The monoisotopic (exact) mass is 375 g/mol. The van der Waals surface area contributed by atoms with E-state index in [1.165, 1.54) is 0 Å². The van der Waals surface area contributed by atoms with E-state index < -0.39 is 0 Å². The number of nitrogens with zero attached hydrogens (tertiary/aromatic N) is 6. The second-order valence-electron chi connectivity index (χ2n) is 7.00. The average Bonchev–Trinajstić information content (AvgIpc) is 3.39. The molecule has 1 aliphatic heterocycles. The number of amides is 1. The Morgan fingerprint density at radius 2 is 2.32 bits per heavy atom. The van der Waals surface area contributed by atoms with E-state index in [9.17, 15) is 4.79 Å². The van der Waals surface area contributed by atoms with Crippen LogP contribution in [0.25, 0.3) is 11.4 Å². The third-order valence-corrected chi connectivity index (χ3v) is 5.26. The van der Waals surface area contributed by atoms with Crippen molar-refractivity contribution in [3.63, 3.8) is 0 Å².